The molecule has 0 aliphatic rings. The normalized spacial score (nSPS) is 12.4. The van der Waals surface area contributed by atoms with Gasteiger partial charge in [-0.3, -0.25) is 4.98 Å². The maximum atomic E-state index is 6.14. The van der Waals surface area contributed by atoms with Crippen LogP contribution < -0.4 is 5.73 Å². The Morgan fingerprint density at radius 2 is 1.76 bits per heavy atom. The summed E-state index contributed by atoms with van der Waals surface area (Å²) in [5.41, 5.74) is 8.59. The fourth-order valence-electron chi connectivity index (χ4n) is 1.86. The van der Waals surface area contributed by atoms with Gasteiger partial charge in [0.1, 0.15) is 0 Å². The predicted molar refractivity (Wildman–Crippen MR) is 73.8 cm³/mol. The highest BCUT2D eigenvalue weighted by atomic mass is 79.9. The molecule has 3 heteroatoms. The number of nitrogens with two attached hydrogens (primary N) is 1. The monoisotopic (exact) mass is 290 g/mol. The molecule has 2 aromatic rings. The summed E-state index contributed by atoms with van der Waals surface area (Å²) in [5.74, 6) is 0. The number of hydrogen-bond acceptors (Lipinski definition) is 2. The SMILES string of the molecule is NC(Cc1ccccc1)Cc1cncc(Br)c1. The van der Waals surface area contributed by atoms with E-state index < -0.39 is 0 Å². The fraction of sp³-hybridized carbons (Fsp3) is 0.214. The Balaban J connectivity index is 1.96. The minimum Gasteiger partial charge on any atom is -0.327 e. The van der Waals surface area contributed by atoms with Crippen LogP contribution in [-0.2, 0) is 12.8 Å². The van der Waals surface area contributed by atoms with E-state index in [4.69, 9.17) is 5.73 Å². The molecule has 0 fully saturated rings. The van der Waals surface area contributed by atoms with E-state index in [1.165, 1.54) is 11.1 Å². The highest BCUT2D eigenvalue weighted by Gasteiger charge is 2.05. The first-order chi connectivity index (χ1) is 8.24. The summed E-state index contributed by atoms with van der Waals surface area (Å²) in [6.07, 6.45) is 5.40. The molecule has 17 heavy (non-hydrogen) atoms. The molecule has 0 spiro atoms. The second-order valence-electron chi connectivity index (χ2n) is 4.17. The van der Waals surface area contributed by atoms with Crippen molar-refractivity contribution in [3.05, 3.63) is 64.4 Å². The zero-order valence-corrected chi connectivity index (χ0v) is 11.1. The summed E-state index contributed by atoms with van der Waals surface area (Å²) < 4.78 is 1.00. The summed E-state index contributed by atoms with van der Waals surface area (Å²) in [6, 6.07) is 12.5. The quantitative estimate of drug-likeness (QED) is 0.940. The number of halogens is 1. The third-order valence-corrected chi connectivity index (χ3v) is 3.03. The van der Waals surface area contributed by atoms with Gasteiger partial charge < -0.3 is 5.73 Å². The van der Waals surface area contributed by atoms with Crippen LogP contribution in [0, 0.1) is 0 Å². The second-order valence-corrected chi connectivity index (χ2v) is 5.08. The van der Waals surface area contributed by atoms with Gasteiger partial charge in [-0.25, -0.2) is 0 Å². The number of benzene rings is 1. The van der Waals surface area contributed by atoms with Crippen LogP contribution in [0.1, 0.15) is 11.1 Å². The zero-order valence-electron chi connectivity index (χ0n) is 9.51. The zero-order chi connectivity index (χ0) is 12.1. The van der Waals surface area contributed by atoms with Crippen molar-refractivity contribution in [1.82, 2.24) is 4.98 Å². The van der Waals surface area contributed by atoms with Crippen LogP contribution in [0.3, 0.4) is 0 Å². The summed E-state index contributed by atoms with van der Waals surface area (Å²) in [7, 11) is 0. The molecular weight excluding hydrogens is 276 g/mol. The number of rotatable bonds is 4. The van der Waals surface area contributed by atoms with Crippen molar-refractivity contribution in [1.29, 1.82) is 0 Å². The molecule has 0 saturated carbocycles. The molecule has 0 amide bonds. The summed E-state index contributed by atoms with van der Waals surface area (Å²) in [5, 5.41) is 0. The minimum absolute atomic E-state index is 0.133. The lowest BCUT2D eigenvalue weighted by Crippen LogP contribution is -2.25. The lowest BCUT2D eigenvalue weighted by molar-refractivity contribution is 0.663. The minimum atomic E-state index is 0.133. The van der Waals surface area contributed by atoms with E-state index in [-0.39, 0.29) is 6.04 Å². The number of pyridine rings is 1. The van der Waals surface area contributed by atoms with Gasteiger partial charge in [-0.1, -0.05) is 30.3 Å². The number of aromatic nitrogens is 1. The summed E-state index contributed by atoms with van der Waals surface area (Å²) >= 11 is 3.42. The Morgan fingerprint density at radius 1 is 1.06 bits per heavy atom. The third-order valence-electron chi connectivity index (χ3n) is 2.60. The van der Waals surface area contributed by atoms with E-state index in [1.807, 2.05) is 24.4 Å². The van der Waals surface area contributed by atoms with Crippen LogP contribution in [-0.4, -0.2) is 11.0 Å². The largest absolute Gasteiger partial charge is 0.327 e. The number of hydrogen-bond donors (Lipinski definition) is 1. The van der Waals surface area contributed by atoms with E-state index in [0.29, 0.717) is 0 Å². The van der Waals surface area contributed by atoms with Gasteiger partial charge in [-0.2, -0.15) is 0 Å². The van der Waals surface area contributed by atoms with Gasteiger partial charge in [-0.05, 0) is 46.0 Å². The van der Waals surface area contributed by atoms with Gasteiger partial charge in [0, 0.05) is 22.9 Å². The van der Waals surface area contributed by atoms with Crippen LogP contribution in [0.5, 0.6) is 0 Å². The molecular formula is C14H15BrN2. The lowest BCUT2D eigenvalue weighted by atomic mass is 10.0. The van der Waals surface area contributed by atoms with Crippen LogP contribution >= 0.6 is 15.9 Å². The topological polar surface area (TPSA) is 38.9 Å². The van der Waals surface area contributed by atoms with Gasteiger partial charge in [0.05, 0.1) is 0 Å². The summed E-state index contributed by atoms with van der Waals surface area (Å²) in [6.45, 7) is 0. The Bertz CT molecular complexity index is 471. The Labute approximate surface area is 110 Å². The second kappa shape index (κ2) is 5.94. The van der Waals surface area contributed by atoms with Crippen molar-refractivity contribution in [3.8, 4) is 0 Å². The summed E-state index contributed by atoms with van der Waals surface area (Å²) in [4.78, 5) is 4.14. The van der Waals surface area contributed by atoms with E-state index in [1.54, 1.807) is 6.20 Å². The maximum Gasteiger partial charge on any atom is 0.0410 e. The molecule has 1 unspecified atom stereocenters. The van der Waals surface area contributed by atoms with Crippen molar-refractivity contribution >= 4 is 15.9 Å². The lowest BCUT2D eigenvalue weighted by Gasteiger charge is -2.11. The van der Waals surface area contributed by atoms with Gasteiger partial charge in [-0.15, -0.1) is 0 Å². The standard InChI is InChI=1S/C14H15BrN2/c15-13-6-12(9-17-10-13)8-14(16)7-11-4-2-1-3-5-11/h1-6,9-10,14H,7-8,16H2. The Hall–Kier alpha value is -1.19. The molecule has 1 aromatic heterocycles. The van der Waals surface area contributed by atoms with Gasteiger partial charge >= 0.3 is 0 Å². The average molecular weight is 291 g/mol. The van der Waals surface area contributed by atoms with Crippen molar-refractivity contribution in [2.75, 3.05) is 0 Å². The van der Waals surface area contributed by atoms with Crippen LogP contribution in [0.2, 0.25) is 0 Å². The third kappa shape index (κ3) is 3.95. The first kappa shape index (κ1) is 12.3. The molecule has 2 rings (SSSR count). The smallest absolute Gasteiger partial charge is 0.0410 e. The molecule has 0 saturated heterocycles. The predicted octanol–water partition coefficient (Wildman–Crippen LogP) is 2.96. The van der Waals surface area contributed by atoms with Crippen molar-refractivity contribution in [2.24, 2.45) is 5.73 Å². The highest BCUT2D eigenvalue weighted by Crippen LogP contribution is 2.12. The molecule has 2 nitrogen and oxygen atoms in total. The molecule has 0 aliphatic carbocycles. The Morgan fingerprint density at radius 3 is 2.47 bits per heavy atom. The first-order valence-electron chi connectivity index (χ1n) is 5.63. The maximum absolute atomic E-state index is 6.14. The highest BCUT2D eigenvalue weighted by molar-refractivity contribution is 9.10. The number of nitrogens with zero attached hydrogens (tertiary/aromatic N) is 1. The van der Waals surface area contributed by atoms with E-state index >= 15 is 0 Å². The molecule has 1 heterocycles. The molecule has 0 bridgehead atoms. The van der Waals surface area contributed by atoms with Crippen LogP contribution in [0.4, 0.5) is 0 Å². The van der Waals surface area contributed by atoms with E-state index in [2.05, 4.69) is 39.1 Å². The van der Waals surface area contributed by atoms with Crippen molar-refractivity contribution < 1.29 is 0 Å². The Kier molecular flexibility index (Phi) is 4.29. The molecule has 88 valence electrons. The molecule has 1 aromatic carbocycles. The van der Waals surface area contributed by atoms with Gasteiger partial charge in [0.15, 0.2) is 0 Å². The molecule has 0 radical (unpaired) electrons. The molecule has 0 aliphatic heterocycles. The van der Waals surface area contributed by atoms with Crippen molar-refractivity contribution in [2.45, 2.75) is 18.9 Å². The first-order valence-corrected chi connectivity index (χ1v) is 6.42. The fourth-order valence-corrected chi connectivity index (χ4v) is 2.27. The molecule has 1 atom stereocenters. The van der Waals surface area contributed by atoms with E-state index in [0.717, 1.165) is 17.3 Å². The molecule has 2 N–H and O–H groups in total. The van der Waals surface area contributed by atoms with Crippen molar-refractivity contribution in [3.63, 3.8) is 0 Å². The van der Waals surface area contributed by atoms with Crippen LogP contribution in [0.15, 0.2) is 53.3 Å². The average Bonchev–Trinajstić information content (AvgIpc) is 2.30. The van der Waals surface area contributed by atoms with E-state index in [9.17, 15) is 0 Å². The van der Waals surface area contributed by atoms with Gasteiger partial charge in [0.25, 0.3) is 0 Å². The van der Waals surface area contributed by atoms with Crippen LogP contribution in [0.25, 0.3) is 0 Å². The van der Waals surface area contributed by atoms with Gasteiger partial charge in [0.2, 0.25) is 0 Å².